The number of halogens is 1. The molecule has 0 unspecified atom stereocenters. The summed E-state index contributed by atoms with van der Waals surface area (Å²) in [5.41, 5.74) is 0.903. The lowest BCUT2D eigenvalue weighted by Gasteiger charge is -2.13. The van der Waals surface area contributed by atoms with Crippen LogP contribution in [-0.4, -0.2) is 12.5 Å². The zero-order valence-corrected chi connectivity index (χ0v) is 12.1. The van der Waals surface area contributed by atoms with Crippen molar-refractivity contribution in [1.82, 2.24) is 0 Å². The largest absolute Gasteiger partial charge is 0.491 e. The molecule has 0 fully saturated rings. The number of carbonyl (C=O) groups is 1. The van der Waals surface area contributed by atoms with Crippen molar-refractivity contribution in [3.05, 3.63) is 47.4 Å². The van der Waals surface area contributed by atoms with E-state index in [0.29, 0.717) is 29.5 Å². The van der Waals surface area contributed by atoms with Crippen LogP contribution in [0.5, 0.6) is 5.75 Å². The lowest BCUT2D eigenvalue weighted by molar-refractivity contribution is 0.102. The molecule has 106 valence electrons. The van der Waals surface area contributed by atoms with Crippen LogP contribution in [0.1, 0.15) is 24.2 Å². The summed E-state index contributed by atoms with van der Waals surface area (Å²) in [7, 11) is 0. The Bertz CT molecular complexity index is 592. The number of benzene rings is 1. The highest BCUT2D eigenvalue weighted by Crippen LogP contribution is 2.26. The van der Waals surface area contributed by atoms with Crippen LogP contribution in [0, 0.1) is 5.92 Å². The van der Waals surface area contributed by atoms with Gasteiger partial charge in [-0.1, -0.05) is 26.0 Å². The molecule has 2 aromatic rings. The van der Waals surface area contributed by atoms with E-state index in [2.05, 4.69) is 19.2 Å². The molecule has 0 aliphatic heterocycles. The molecule has 0 aliphatic rings. The molecule has 0 spiro atoms. The third-order valence-electron chi connectivity index (χ3n) is 2.57. The Morgan fingerprint density at radius 1 is 1.35 bits per heavy atom. The van der Waals surface area contributed by atoms with Crippen molar-refractivity contribution in [2.75, 3.05) is 11.9 Å². The Morgan fingerprint density at radius 3 is 2.75 bits per heavy atom. The summed E-state index contributed by atoms with van der Waals surface area (Å²) in [6.45, 7) is 4.71. The number of anilines is 1. The van der Waals surface area contributed by atoms with Gasteiger partial charge in [-0.3, -0.25) is 4.79 Å². The Kier molecular flexibility index (Phi) is 4.69. The van der Waals surface area contributed by atoms with Crippen molar-refractivity contribution in [2.24, 2.45) is 5.92 Å². The van der Waals surface area contributed by atoms with E-state index >= 15 is 0 Å². The molecule has 0 atom stereocenters. The van der Waals surface area contributed by atoms with Crippen LogP contribution in [0.4, 0.5) is 5.69 Å². The first-order valence-electron chi connectivity index (χ1n) is 6.34. The van der Waals surface area contributed by atoms with E-state index in [9.17, 15) is 4.79 Å². The van der Waals surface area contributed by atoms with Gasteiger partial charge in [0.25, 0.3) is 5.91 Å². The average molecular weight is 294 g/mol. The van der Waals surface area contributed by atoms with Gasteiger partial charge in [-0.05, 0) is 35.7 Å². The predicted octanol–water partition coefficient (Wildman–Crippen LogP) is 4.22. The Labute approximate surface area is 122 Å². The molecule has 1 heterocycles. The number of nitrogens with one attached hydrogen (secondary N) is 1. The maximum Gasteiger partial charge on any atom is 0.260 e. The lowest BCUT2D eigenvalue weighted by atomic mass is 10.2. The second-order valence-corrected chi connectivity index (χ2v) is 5.11. The molecule has 0 radical (unpaired) electrons. The molecule has 1 N–H and O–H groups in total. The van der Waals surface area contributed by atoms with E-state index in [1.54, 1.807) is 6.07 Å². The highest BCUT2D eigenvalue weighted by atomic mass is 35.5. The fourth-order valence-corrected chi connectivity index (χ4v) is 1.80. The Hall–Kier alpha value is -1.94. The van der Waals surface area contributed by atoms with E-state index in [1.807, 2.05) is 18.2 Å². The Morgan fingerprint density at radius 2 is 2.10 bits per heavy atom. The number of ether oxygens (including phenoxy) is 1. The van der Waals surface area contributed by atoms with Gasteiger partial charge < -0.3 is 14.5 Å². The van der Waals surface area contributed by atoms with Crippen molar-refractivity contribution in [3.8, 4) is 5.75 Å². The lowest BCUT2D eigenvalue weighted by Crippen LogP contribution is -2.13. The van der Waals surface area contributed by atoms with Crippen LogP contribution in [-0.2, 0) is 0 Å². The summed E-state index contributed by atoms with van der Waals surface area (Å²) in [5, 5.41) is 2.84. The van der Waals surface area contributed by atoms with Crippen molar-refractivity contribution in [3.63, 3.8) is 0 Å². The standard InChI is InChI=1S/C15H16ClNO3/c1-10(2)9-20-13-6-4-3-5-12(13)17-15(18)11-7-8-19-14(11)16/h3-8,10H,9H2,1-2H3,(H,17,18). The summed E-state index contributed by atoms with van der Waals surface area (Å²) in [5.74, 6) is 0.709. The average Bonchev–Trinajstić information content (AvgIpc) is 2.84. The predicted molar refractivity (Wildman–Crippen MR) is 78.4 cm³/mol. The SMILES string of the molecule is CC(C)COc1ccccc1NC(=O)c1ccoc1Cl. The second kappa shape index (κ2) is 6.48. The van der Waals surface area contributed by atoms with Crippen LogP contribution in [0.25, 0.3) is 0 Å². The molecule has 0 saturated heterocycles. The molecule has 5 heteroatoms. The normalized spacial score (nSPS) is 10.6. The fraction of sp³-hybridized carbons (Fsp3) is 0.267. The molecular formula is C15H16ClNO3. The smallest absolute Gasteiger partial charge is 0.260 e. The molecule has 1 amide bonds. The van der Waals surface area contributed by atoms with E-state index in [1.165, 1.54) is 12.3 Å². The maximum atomic E-state index is 12.1. The molecule has 4 nitrogen and oxygen atoms in total. The van der Waals surface area contributed by atoms with Gasteiger partial charge in [0.15, 0.2) is 0 Å². The quantitative estimate of drug-likeness (QED) is 0.898. The number of rotatable bonds is 5. The minimum Gasteiger partial charge on any atom is -0.491 e. The van der Waals surface area contributed by atoms with E-state index in [-0.39, 0.29) is 11.1 Å². The highest BCUT2D eigenvalue weighted by Gasteiger charge is 2.15. The summed E-state index contributed by atoms with van der Waals surface area (Å²) in [6, 6.07) is 8.80. The number of amides is 1. The molecule has 0 aliphatic carbocycles. The summed E-state index contributed by atoms with van der Waals surface area (Å²) >= 11 is 5.78. The molecule has 1 aromatic heterocycles. The van der Waals surface area contributed by atoms with E-state index < -0.39 is 0 Å². The topological polar surface area (TPSA) is 51.5 Å². The van der Waals surface area contributed by atoms with Crippen molar-refractivity contribution in [1.29, 1.82) is 0 Å². The van der Waals surface area contributed by atoms with Gasteiger partial charge in [0.05, 0.1) is 24.1 Å². The molecule has 2 rings (SSSR count). The van der Waals surface area contributed by atoms with Gasteiger partial charge in [0.1, 0.15) is 5.75 Å². The monoisotopic (exact) mass is 293 g/mol. The number of hydrogen-bond donors (Lipinski definition) is 1. The van der Waals surface area contributed by atoms with Crippen molar-refractivity contribution < 1.29 is 13.9 Å². The van der Waals surface area contributed by atoms with E-state index in [0.717, 1.165) is 0 Å². The van der Waals surface area contributed by atoms with E-state index in [4.69, 9.17) is 20.8 Å². The Balaban J connectivity index is 2.13. The number of furan rings is 1. The van der Waals surface area contributed by atoms with Crippen molar-refractivity contribution >= 4 is 23.2 Å². The van der Waals surface area contributed by atoms with Crippen LogP contribution in [0.15, 0.2) is 41.0 Å². The first-order chi connectivity index (χ1) is 9.58. The summed E-state index contributed by atoms with van der Waals surface area (Å²) in [4.78, 5) is 12.1. The minimum absolute atomic E-state index is 0.0723. The van der Waals surface area contributed by atoms with Crippen molar-refractivity contribution in [2.45, 2.75) is 13.8 Å². The second-order valence-electron chi connectivity index (χ2n) is 4.76. The zero-order chi connectivity index (χ0) is 14.5. The van der Waals surface area contributed by atoms with Gasteiger partial charge in [-0.2, -0.15) is 0 Å². The number of para-hydroxylation sites is 2. The zero-order valence-electron chi connectivity index (χ0n) is 11.4. The van der Waals surface area contributed by atoms with Gasteiger partial charge >= 0.3 is 0 Å². The maximum absolute atomic E-state index is 12.1. The van der Waals surface area contributed by atoms with Crippen LogP contribution < -0.4 is 10.1 Å². The van der Waals surface area contributed by atoms with Crippen LogP contribution in [0.3, 0.4) is 0 Å². The van der Waals surface area contributed by atoms with Crippen LogP contribution >= 0.6 is 11.6 Å². The third-order valence-corrected chi connectivity index (χ3v) is 2.86. The van der Waals surface area contributed by atoms with Crippen LogP contribution in [0.2, 0.25) is 5.22 Å². The van der Waals surface area contributed by atoms with Gasteiger partial charge in [-0.15, -0.1) is 0 Å². The molecule has 1 aromatic carbocycles. The molecular weight excluding hydrogens is 278 g/mol. The highest BCUT2D eigenvalue weighted by molar-refractivity contribution is 6.32. The number of carbonyl (C=O) groups excluding carboxylic acids is 1. The van der Waals surface area contributed by atoms with Gasteiger partial charge in [-0.25, -0.2) is 0 Å². The minimum atomic E-state index is -0.329. The third kappa shape index (κ3) is 3.54. The molecule has 20 heavy (non-hydrogen) atoms. The first-order valence-corrected chi connectivity index (χ1v) is 6.72. The molecule has 0 saturated carbocycles. The fourth-order valence-electron chi connectivity index (χ4n) is 1.60. The van der Waals surface area contributed by atoms with Gasteiger partial charge in [0, 0.05) is 0 Å². The number of hydrogen-bond acceptors (Lipinski definition) is 3. The first kappa shape index (κ1) is 14.5. The van der Waals surface area contributed by atoms with Gasteiger partial charge in [0.2, 0.25) is 5.22 Å². The summed E-state index contributed by atoms with van der Waals surface area (Å²) in [6.07, 6.45) is 1.37. The summed E-state index contributed by atoms with van der Waals surface area (Å²) < 4.78 is 10.6. The molecule has 0 bridgehead atoms.